The molecule has 3 aromatic carbocycles. The molecule has 0 amide bonds. The van der Waals surface area contributed by atoms with Gasteiger partial charge in [0.2, 0.25) is 0 Å². The van der Waals surface area contributed by atoms with Crippen molar-refractivity contribution in [2.45, 2.75) is 19.8 Å². The van der Waals surface area contributed by atoms with Gasteiger partial charge in [-0.2, -0.15) is 0 Å². The molecule has 184 valence electrons. The third-order valence-electron chi connectivity index (χ3n) is 5.96. The van der Waals surface area contributed by atoms with Gasteiger partial charge in [-0.25, -0.2) is 0 Å². The molecule has 0 fully saturated rings. The van der Waals surface area contributed by atoms with Crippen LogP contribution in [0.25, 0.3) is 28.4 Å². The lowest BCUT2D eigenvalue weighted by molar-refractivity contribution is -0.143. The van der Waals surface area contributed by atoms with Crippen LogP contribution in [0.4, 0.5) is 0 Å². The van der Waals surface area contributed by atoms with E-state index in [-0.39, 0.29) is 41.4 Å². The summed E-state index contributed by atoms with van der Waals surface area (Å²) >= 11 is 0. The molecular weight excluding hydrogens is 464 g/mol. The zero-order chi connectivity index (χ0) is 26.0. The third kappa shape index (κ3) is 5.17. The lowest BCUT2D eigenvalue weighted by Crippen LogP contribution is -2.19. The normalized spacial score (nSPS) is 12.2. The Hall–Kier alpha value is -4.72. The van der Waals surface area contributed by atoms with Gasteiger partial charge in [0, 0.05) is 17.4 Å². The third-order valence-corrected chi connectivity index (χ3v) is 5.96. The maximum atomic E-state index is 12.6. The molecule has 0 spiro atoms. The van der Waals surface area contributed by atoms with Crippen molar-refractivity contribution in [3.8, 4) is 34.3 Å². The maximum absolute atomic E-state index is 12.6. The number of ketones is 1. The van der Waals surface area contributed by atoms with E-state index in [9.17, 15) is 35.1 Å². The summed E-state index contributed by atoms with van der Waals surface area (Å²) in [6.45, 7) is 1.74. The first kappa shape index (κ1) is 24.4. The Bertz CT molecular complexity index is 1500. The standard InChI is InChI=1S/C28H24O8/c1-15-2-3-16(11-24(15)32)10-19(28(34)35)12-20(29)7-4-17-5-9-23(31)27-21(17)14-26(36-27)18-6-8-22(30)25(33)13-18/h2-9,11,13-14,19,30-33H,10,12H2,1H3,(H,34,35)/b7-4+/t19-/m0/s1. The summed E-state index contributed by atoms with van der Waals surface area (Å²) in [4.78, 5) is 24.4. The van der Waals surface area contributed by atoms with Gasteiger partial charge in [-0.1, -0.05) is 24.3 Å². The Kier molecular flexibility index (Phi) is 6.69. The van der Waals surface area contributed by atoms with Gasteiger partial charge in [-0.15, -0.1) is 0 Å². The van der Waals surface area contributed by atoms with E-state index in [0.717, 1.165) is 0 Å². The van der Waals surface area contributed by atoms with Crippen LogP contribution < -0.4 is 0 Å². The van der Waals surface area contributed by atoms with Gasteiger partial charge >= 0.3 is 5.97 Å². The summed E-state index contributed by atoms with van der Waals surface area (Å²) in [5.74, 6) is -2.79. The molecule has 0 unspecified atom stereocenters. The van der Waals surface area contributed by atoms with E-state index in [1.807, 2.05) is 0 Å². The number of phenols is 4. The Morgan fingerprint density at radius 2 is 1.64 bits per heavy atom. The van der Waals surface area contributed by atoms with E-state index in [0.29, 0.717) is 33.4 Å². The first-order chi connectivity index (χ1) is 17.1. The van der Waals surface area contributed by atoms with Crippen LogP contribution >= 0.6 is 0 Å². The van der Waals surface area contributed by atoms with Crippen molar-refractivity contribution < 1.29 is 39.5 Å². The number of aromatic hydroxyl groups is 4. The number of furan rings is 1. The lowest BCUT2D eigenvalue weighted by Gasteiger charge is -2.11. The SMILES string of the molecule is Cc1ccc(C[C@@H](CC(=O)/C=C/c2ccc(O)c3oc(-c4ccc(O)c(O)c4)cc23)C(=O)O)cc1O. The summed E-state index contributed by atoms with van der Waals surface area (Å²) in [7, 11) is 0. The van der Waals surface area contributed by atoms with Crippen LogP contribution in [0.5, 0.6) is 23.0 Å². The molecule has 8 nitrogen and oxygen atoms in total. The highest BCUT2D eigenvalue weighted by Gasteiger charge is 2.21. The second kappa shape index (κ2) is 9.87. The van der Waals surface area contributed by atoms with Gasteiger partial charge in [-0.3, -0.25) is 9.59 Å². The Morgan fingerprint density at radius 1 is 0.889 bits per heavy atom. The molecule has 0 aliphatic carbocycles. The van der Waals surface area contributed by atoms with Gasteiger partial charge in [0.15, 0.2) is 28.6 Å². The van der Waals surface area contributed by atoms with E-state index in [1.54, 1.807) is 37.3 Å². The fourth-order valence-electron chi connectivity index (χ4n) is 3.90. The molecule has 0 saturated carbocycles. The highest BCUT2D eigenvalue weighted by molar-refractivity contribution is 6.00. The van der Waals surface area contributed by atoms with Gasteiger partial charge in [-0.05, 0) is 72.5 Å². The number of carboxylic acids is 1. The molecule has 4 aromatic rings. The number of fused-ring (bicyclic) bond motifs is 1. The van der Waals surface area contributed by atoms with Crippen molar-refractivity contribution in [3.05, 3.63) is 77.4 Å². The van der Waals surface area contributed by atoms with Crippen molar-refractivity contribution in [1.29, 1.82) is 0 Å². The number of carbonyl (C=O) groups is 2. The van der Waals surface area contributed by atoms with Crippen LogP contribution in [0, 0.1) is 12.8 Å². The first-order valence-electron chi connectivity index (χ1n) is 11.1. The summed E-state index contributed by atoms with van der Waals surface area (Å²) in [6, 6.07) is 13.7. The molecule has 1 atom stereocenters. The molecule has 1 aromatic heterocycles. The lowest BCUT2D eigenvalue weighted by atomic mass is 9.93. The van der Waals surface area contributed by atoms with E-state index in [1.165, 1.54) is 36.4 Å². The molecule has 0 aliphatic rings. The molecule has 5 N–H and O–H groups in total. The summed E-state index contributed by atoms with van der Waals surface area (Å²) in [6.07, 6.45) is 2.67. The number of benzene rings is 3. The maximum Gasteiger partial charge on any atom is 0.307 e. The predicted octanol–water partition coefficient (Wildman–Crippen LogP) is 5.15. The van der Waals surface area contributed by atoms with Crippen molar-refractivity contribution in [1.82, 2.24) is 0 Å². The molecule has 36 heavy (non-hydrogen) atoms. The molecule has 0 bridgehead atoms. The quantitative estimate of drug-likeness (QED) is 0.169. The number of hydrogen-bond donors (Lipinski definition) is 5. The second-order valence-corrected chi connectivity index (χ2v) is 8.59. The second-order valence-electron chi connectivity index (χ2n) is 8.59. The van der Waals surface area contributed by atoms with Crippen LogP contribution in [0.1, 0.15) is 23.1 Å². The van der Waals surface area contributed by atoms with Crippen LogP contribution in [0.15, 0.2) is 65.1 Å². The van der Waals surface area contributed by atoms with Crippen molar-refractivity contribution in [2.75, 3.05) is 0 Å². The number of carbonyl (C=O) groups excluding carboxylic acids is 1. The van der Waals surface area contributed by atoms with E-state index in [4.69, 9.17) is 4.42 Å². The number of phenolic OH excluding ortho intramolecular Hbond substituents is 4. The Labute approximate surface area is 206 Å². The molecule has 8 heteroatoms. The van der Waals surface area contributed by atoms with Crippen LogP contribution in [0.3, 0.4) is 0 Å². The van der Waals surface area contributed by atoms with E-state index >= 15 is 0 Å². The largest absolute Gasteiger partial charge is 0.508 e. The molecule has 1 heterocycles. The minimum atomic E-state index is -1.11. The predicted molar refractivity (Wildman–Crippen MR) is 133 cm³/mol. The first-order valence-corrected chi connectivity index (χ1v) is 11.1. The van der Waals surface area contributed by atoms with E-state index in [2.05, 4.69) is 0 Å². The number of aliphatic carboxylic acids is 1. The monoisotopic (exact) mass is 488 g/mol. The number of allylic oxidation sites excluding steroid dienone is 1. The van der Waals surface area contributed by atoms with Crippen molar-refractivity contribution in [2.24, 2.45) is 5.92 Å². The molecule has 0 aliphatic heterocycles. The molecule has 4 rings (SSSR count). The highest BCUT2D eigenvalue weighted by atomic mass is 16.4. The number of aryl methyl sites for hydroxylation is 1. The van der Waals surface area contributed by atoms with Crippen molar-refractivity contribution >= 4 is 28.8 Å². The van der Waals surface area contributed by atoms with Crippen LogP contribution in [-0.2, 0) is 16.0 Å². The average molecular weight is 488 g/mol. The Balaban J connectivity index is 1.56. The fraction of sp³-hybridized carbons (Fsp3) is 0.143. The fourth-order valence-corrected chi connectivity index (χ4v) is 3.90. The van der Waals surface area contributed by atoms with Crippen LogP contribution in [0.2, 0.25) is 0 Å². The zero-order valence-corrected chi connectivity index (χ0v) is 19.3. The minimum Gasteiger partial charge on any atom is -0.508 e. The number of rotatable bonds is 8. The molecule has 0 radical (unpaired) electrons. The molecular formula is C28H24O8. The number of hydrogen-bond acceptors (Lipinski definition) is 7. The zero-order valence-electron chi connectivity index (χ0n) is 19.3. The van der Waals surface area contributed by atoms with Gasteiger partial charge in [0.25, 0.3) is 0 Å². The number of carboxylic acid groups (broad SMARTS) is 1. The van der Waals surface area contributed by atoms with Gasteiger partial charge in [0.1, 0.15) is 11.5 Å². The topological polar surface area (TPSA) is 148 Å². The average Bonchev–Trinajstić information content (AvgIpc) is 3.29. The van der Waals surface area contributed by atoms with Gasteiger partial charge in [0.05, 0.1) is 5.92 Å². The Morgan fingerprint density at radius 3 is 2.33 bits per heavy atom. The minimum absolute atomic E-state index is 0.0706. The molecule has 0 saturated heterocycles. The summed E-state index contributed by atoms with van der Waals surface area (Å²) in [5.41, 5.74) is 2.50. The van der Waals surface area contributed by atoms with Crippen LogP contribution in [-0.4, -0.2) is 37.3 Å². The summed E-state index contributed by atoms with van der Waals surface area (Å²) in [5, 5.41) is 49.5. The summed E-state index contributed by atoms with van der Waals surface area (Å²) < 4.78 is 5.75. The highest BCUT2D eigenvalue weighted by Crippen LogP contribution is 2.38. The van der Waals surface area contributed by atoms with Gasteiger partial charge < -0.3 is 29.9 Å². The smallest absolute Gasteiger partial charge is 0.307 e. The van der Waals surface area contributed by atoms with Crippen molar-refractivity contribution in [3.63, 3.8) is 0 Å². The van der Waals surface area contributed by atoms with E-state index < -0.39 is 17.7 Å².